The summed E-state index contributed by atoms with van der Waals surface area (Å²) >= 11 is 0. The van der Waals surface area contributed by atoms with Crippen LogP contribution in [0.15, 0.2) is 84.9 Å². The zero-order chi connectivity index (χ0) is 35.9. The van der Waals surface area contributed by atoms with Crippen LogP contribution in [0.25, 0.3) is 10.8 Å². The topological polar surface area (TPSA) is 86.7 Å². The molecule has 0 aliphatic carbocycles. The van der Waals surface area contributed by atoms with Gasteiger partial charge in [0.25, 0.3) is 0 Å². The zero-order valence-electron chi connectivity index (χ0n) is 30.2. The minimum atomic E-state index is -0.512. The highest BCUT2D eigenvalue weighted by Crippen LogP contribution is 2.25. The van der Waals surface area contributed by atoms with Crippen molar-refractivity contribution >= 4 is 34.3 Å². The van der Waals surface area contributed by atoms with Crippen molar-refractivity contribution in [1.29, 1.82) is 0 Å². The van der Waals surface area contributed by atoms with E-state index < -0.39 is 5.97 Å². The molecule has 2 unspecified atom stereocenters. The van der Waals surface area contributed by atoms with Gasteiger partial charge in [-0.15, -0.1) is 0 Å². The van der Waals surface area contributed by atoms with E-state index in [1.54, 1.807) is 36.4 Å². The lowest BCUT2D eigenvalue weighted by molar-refractivity contribution is -0.134. The lowest BCUT2D eigenvalue weighted by atomic mass is 9.97. The summed E-state index contributed by atoms with van der Waals surface area (Å²) in [6, 6.07) is 25.0. The number of carbonyl (C=O) groups excluding carboxylic acids is 4. The van der Waals surface area contributed by atoms with Crippen molar-refractivity contribution in [2.24, 2.45) is 11.8 Å². The van der Waals surface area contributed by atoms with Crippen LogP contribution in [0.2, 0.25) is 0 Å². The van der Waals surface area contributed by atoms with E-state index in [4.69, 9.17) is 9.47 Å². The van der Waals surface area contributed by atoms with Crippen LogP contribution in [0.3, 0.4) is 0 Å². The van der Waals surface area contributed by atoms with Gasteiger partial charge in [0.15, 0.2) is 5.78 Å². The van der Waals surface area contributed by atoms with Gasteiger partial charge in [-0.25, -0.2) is 4.79 Å². The van der Waals surface area contributed by atoms with Crippen molar-refractivity contribution in [3.63, 3.8) is 0 Å². The van der Waals surface area contributed by atoms with Gasteiger partial charge in [-0.3, -0.25) is 14.4 Å². The average Bonchev–Trinajstić information content (AvgIpc) is 3.12. The Morgan fingerprint density at radius 2 is 1.12 bits per heavy atom. The van der Waals surface area contributed by atoms with Gasteiger partial charge in [-0.1, -0.05) is 115 Å². The fourth-order valence-corrected chi connectivity index (χ4v) is 5.85. The minimum Gasteiger partial charge on any atom is -0.427 e. The maximum Gasteiger partial charge on any atom is 0.343 e. The molecule has 6 heteroatoms. The second-order valence-corrected chi connectivity index (χ2v) is 13.8. The smallest absolute Gasteiger partial charge is 0.343 e. The number of Topliss-reactive ketones (excluding diaryl/α,β-unsaturated/α-hetero) is 2. The van der Waals surface area contributed by atoms with Crippen molar-refractivity contribution in [2.75, 3.05) is 0 Å². The van der Waals surface area contributed by atoms with E-state index in [9.17, 15) is 19.2 Å². The first-order valence-corrected chi connectivity index (χ1v) is 18.3. The molecule has 0 aliphatic rings. The third kappa shape index (κ3) is 12.4. The SMILES string of the molecule is CCC(C)CCCCC(=O)Cc1ccc(C(=O)Cc2ccc3cc(OC(=O)c4ccc(OC(=O)CCCCC(C)CC)cc4)ccc3c2)cc1. The molecule has 4 rings (SSSR count). The first-order chi connectivity index (χ1) is 24.1. The molecule has 0 N–H and O–H groups in total. The standard InChI is InChI=1S/C44H52O6/c1-5-31(3)11-7-9-13-39(45)28-33-15-18-35(19-16-33)42(46)29-34-17-20-38-30-41(26-23-37(38)27-34)50-44(48)36-21-24-40(25-22-36)49-43(47)14-10-8-12-32(4)6-2/h15-27,30-32H,5-14,28-29H2,1-4H3. The molecule has 0 aliphatic heterocycles. The fourth-order valence-electron chi connectivity index (χ4n) is 5.85. The predicted molar refractivity (Wildman–Crippen MR) is 200 cm³/mol. The lowest BCUT2D eigenvalue weighted by Gasteiger charge is -2.09. The Bertz CT molecular complexity index is 1590. The van der Waals surface area contributed by atoms with Crippen molar-refractivity contribution in [3.05, 3.63) is 107 Å². The van der Waals surface area contributed by atoms with E-state index in [-0.39, 0.29) is 24.0 Å². The molecule has 0 saturated heterocycles. The summed E-state index contributed by atoms with van der Waals surface area (Å²) in [6.45, 7) is 8.85. The van der Waals surface area contributed by atoms with Gasteiger partial charge in [0.2, 0.25) is 0 Å². The molecule has 0 spiro atoms. The number of benzene rings is 4. The molecule has 6 nitrogen and oxygen atoms in total. The number of rotatable bonds is 20. The normalized spacial score (nSPS) is 12.3. The van der Waals surface area contributed by atoms with Crippen LogP contribution >= 0.6 is 0 Å². The lowest BCUT2D eigenvalue weighted by Crippen LogP contribution is -2.10. The summed E-state index contributed by atoms with van der Waals surface area (Å²) in [5, 5.41) is 1.81. The first-order valence-electron chi connectivity index (χ1n) is 18.3. The molecule has 4 aromatic carbocycles. The quantitative estimate of drug-likeness (QED) is 0.0401. The Labute approximate surface area is 297 Å². The number of unbranched alkanes of at least 4 members (excludes halogenated alkanes) is 2. The van der Waals surface area contributed by atoms with Crippen molar-refractivity contribution in [3.8, 4) is 11.5 Å². The van der Waals surface area contributed by atoms with Crippen LogP contribution in [-0.2, 0) is 22.4 Å². The molecule has 2 atom stereocenters. The minimum absolute atomic E-state index is 0.00989. The molecule has 0 radical (unpaired) electrons. The first kappa shape index (κ1) is 38.2. The molecule has 4 aromatic rings. The highest BCUT2D eigenvalue weighted by atomic mass is 16.5. The maximum absolute atomic E-state index is 13.1. The van der Waals surface area contributed by atoms with E-state index in [1.807, 2.05) is 48.5 Å². The number of hydrogen-bond acceptors (Lipinski definition) is 6. The van der Waals surface area contributed by atoms with Crippen molar-refractivity contribution in [2.45, 2.75) is 105 Å². The van der Waals surface area contributed by atoms with E-state index >= 15 is 0 Å². The van der Waals surface area contributed by atoms with Crippen LogP contribution in [-0.4, -0.2) is 23.5 Å². The number of fused-ring (bicyclic) bond motifs is 1. The zero-order valence-corrected chi connectivity index (χ0v) is 30.2. The third-order valence-electron chi connectivity index (χ3n) is 9.57. The fraction of sp³-hybridized carbons (Fsp3) is 0.409. The van der Waals surface area contributed by atoms with E-state index in [2.05, 4.69) is 27.7 Å². The summed E-state index contributed by atoms with van der Waals surface area (Å²) in [6.07, 6.45) is 10.1. The number of esters is 2. The number of hydrogen-bond donors (Lipinski definition) is 0. The van der Waals surface area contributed by atoms with E-state index in [0.29, 0.717) is 53.7 Å². The van der Waals surface area contributed by atoms with Crippen molar-refractivity contribution in [1.82, 2.24) is 0 Å². The number of ether oxygens (including phenoxy) is 2. The maximum atomic E-state index is 13.1. The molecule has 50 heavy (non-hydrogen) atoms. The summed E-state index contributed by atoms with van der Waals surface area (Å²) in [5.74, 6) is 1.66. The second-order valence-electron chi connectivity index (χ2n) is 13.8. The Morgan fingerprint density at radius 1 is 0.560 bits per heavy atom. The van der Waals surface area contributed by atoms with Gasteiger partial charge in [0.05, 0.1) is 5.56 Å². The van der Waals surface area contributed by atoms with Crippen LogP contribution in [0.1, 0.15) is 124 Å². The average molecular weight is 677 g/mol. The number of carbonyl (C=O) groups is 4. The second kappa shape index (κ2) is 19.6. The molecule has 0 heterocycles. The van der Waals surface area contributed by atoms with Crippen LogP contribution in [0.4, 0.5) is 0 Å². The highest BCUT2D eigenvalue weighted by molar-refractivity contribution is 5.98. The third-order valence-corrected chi connectivity index (χ3v) is 9.57. The molecule has 0 saturated carbocycles. The van der Waals surface area contributed by atoms with E-state index in [1.165, 1.54) is 12.8 Å². The van der Waals surface area contributed by atoms with Crippen LogP contribution in [0, 0.1) is 11.8 Å². The summed E-state index contributed by atoms with van der Waals surface area (Å²) in [5.41, 5.74) is 2.79. The molecule has 264 valence electrons. The largest absolute Gasteiger partial charge is 0.427 e. The number of ketones is 2. The molecular formula is C44H52O6. The molecule has 0 fully saturated rings. The van der Waals surface area contributed by atoms with Crippen LogP contribution < -0.4 is 9.47 Å². The molecule has 0 bridgehead atoms. The molecule has 0 amide bonds. The monoisotopic (exact) mass is 676 g/mol. The summed E-state index contributed by atoms with van der Waals surface area (Å²) < 4.78 is 11.0. The Kier molecular flexibility index (Phi) is 15.0. The van der Waals surface area contributed by atoms with Gasteiger partial charge in [0.1, 0.15) is 17.3 Å². The van der Waals surface area contributed by atoms with Crippen molar-refractivity contribution < 1.29 is 28.7 Å². The van der Waals surface area contributed by atoms with Gasteiger partial charge in [-0.05, 0) is 83.0 Å². The Balaban J connectivity index is 1.24. The van der Waals surface area contributed by atoms with E-state index in [0.717, 1.165) is 60.4 Å². The predicted octanol–water partition coefficient (Wildman–Crippen LogP) is 10.7. The molecule has 0 aromatic heterocycles. The summed E-state index contributed by atoms with van der Waals surface area (Å²) in [7, 11) is 0. The van der Waals surface area contributed by atoms with Gasteiger partial charge in [-0.2, -0.15) is 0 Å². The van der Waals surface area contributed by atoms with Gasteiger partial charge in [0, 0.05) is 31.2 Å². The Morgan fingerprint density at radius 3 is 1.78 bits per heavy atom. The summed E-state index contributed by atoms with van der Waals surface area (Å²) in [4.78, 5) is 50.5. The van der Waals surface area contributed by atoms with Crippen LogP contribution in [0.5, 0.6) is 11.5 Å². The van der Waals surface area contributed by atoms with Gasteiger partial charge >= 0.3 is 11.9 Å². The van der Waals surface area contributed by atoms with Gasteiger partial charge < -0.3 is 9.47 Å². The Hall–Kier alpha value is -4.58. The molecular weight excluding hydrogens is 624 g/mol. The highest BCUT2D eigenvalue weighted by Gasteiger charge is 2.13.